The molecule has 0 spiro atoms. The Morgan fingerprint density at radius 3 is 2.62 bits per heavy atom. The Morgan fingerprint density at radius 2 is 1.88 bits per heavy atom. The zero-order valence-corrected chi connectivity index (χ0v) is 14.0. The second kappa shape index (κ2) is 7.88. The molecule has 0 saturated carbocycles. The molecule has 3 atom stereocenters. The number of rotatable bonds is 6. The second-order valence-electron chi connectivity index (χ2n) is 6.64. The average molecular weight is 328 g/mol. The highest BCUT2D eigenvalue weighted by atomic mass is 19.1. The molecule has 128 valence electrons. The zero-order chi connectivity index (χ0) is 16.9. The van der Waals surface area contributed by atoms with Gasteiger partial charge in [-0.15, -0.1) is 0 Å². The van der Waals surface area contributed by atoms with Crippen LogP contribution in [0.5, 0.6) is 0 Å². The van der Waals surface area contributed by atoms with Crippen LogP contribution >= 0.6 is 0 Å². The summed E-state index contributed by atoms with van der Waals surface area (Å²) in [6.07, 6.45) is 0.223. The monoisotopic (exact) mass is 328 g/mol. The lowest BCUT2D eigenvalue weighted by Crippen LogP contribution is -2.35. The van der Waals surface area contributed by atoms with Crippen molar-refractivity contribution in [1.29, 1.82) is 0 Å². The first-order chi connectivity index (χ1) is 11.6. The maximum absolute atomic E-state index is 13.7. The van der Waals surface area contributed by atoms with Crippen molar-refractivity contribution in [3.8, 4) is 0 Å². The van der Waals surface area contributed by atoms with Crippen molar-refractivity contribution < 1.29 is 9.50 Å². The van der Waals surface area contributed by atoms with E-state index in [0.29, 0.717) is 24.2 Å². The molecule has 1 fully saturated rings. The molecule has 3 rings (SSSR count). The molecule has 1 aliphatic heterocycles. The molecule has 1 saturated heterocycles. The molecule has 0 aromatic heterocycles. The van der Waals surface area contributed by atoms with Crippen LogP contribution < -0.4 is 5.32 Å². The van der Waals surface area contributed by atoms with E-state index in [9.17, 15) is 9.50 Å². The van der Waals surface area contributed by atoms with E-state index in [4.69, 9.17) is 0 Å². The Bertz CT molecular complexity index is 649. The summed E-state index contributed by atoms with van der Waals surface area (Å²) >= 11 is 0. The van der Waals surface area contributed by atoms with Crippen LogP contribution in [0.1, 0.15) is 30.6 Å². The molecule has 4 heteroatoms. The van der Waals surface area contributed by atoms with Gasteiger partial charge in [-0.25, -0.2) is 4.39 Å². The minimum Gasteiger partial charge on any atom is -0.387 e. The molecule has 3 unspecified atom stereocenters. The van der Waals surface area contributed by atoms with Gasteiger partial charge in [0.05, 0.1) is 6.10 Å². The van der Waals surface area contributed by atoms with Crippen molar-refractivity contribution in [3.63, 3.8) is 0 Å². The SMILES string of the molecule is CC1CC(NCC(O)c2ccccc2F)CN1Cc1ccccc1. The minimum atomic E-state index is -0.815. The quantitative estimate of drug-likeness (QED) is 0.855. The van der Waals surface area contributed by atoms with Gasteiger partial charge >= 0.3 is 0 Å². The van der Waals surface area contributed by atoms with Gasteiger partial charge in [-0.2, -0.15) is 0 Å². The highest BCUT2D eigenvalue weighted by Crippen LogP contribution is 2.21. The van der Waals surface area contributed by atoms with Gasteiger partial charge in [0, 0.05) is 37.3 Å². The molecular formula is C20H25FN2O. The lowest BCUT2D eigenvalue weighted by atomic mass is 10.1. The van der Waals surface area contributed by atoms with Crippen molar-refractivity contribution in [2.45, 2.75) is 38.1 Å². The lowest BCUT2D eigenvalue weighted by molar-refractivity contribution is 0.165. The van der Waals surface area contributed by atoms with Crippen molar-refractivity contribution in [1.82, 2.24) is 10.2 Å². The third-order valence-corrected chi connectivity index (χ3v) is 4.80. The molecule has 0 aliphatic carbocycles. The summed E-state index contributed by atoms with van der Waals surface area (Å²) in [7, 11) is 0. The normalized spacial score (nSPS) is 22.6. The van der Waals surface area contributed by atoms with Crippen LogP contribution in [0.3, 0.4) is 0 Å². The first-order valence-corrected chi connectivity index (χ1v) is 8.57. The molecule has 24 heavy (non-hydrogen) atoms. The van der Waals surface area contributed by atoms with E-state index in [0.717, 1.165) is 19.5 Å². The average Bonchev–Trinajstić information content (AvgIpc) is 2.94. The number of hydrogen-bond acceptors (Lipinski definition) is 3. The van der Waals surface area contributed by atoms with Crippen LogP contribution in [0.25, 0.3) is 0 Å². The van der Waals surface area contributed by atoms with E-state index in [2.05, 4.69) is 41.4 Å². The Kier molecular flexibility index (Phi) is 5.61. The smallest absolute Gasteiger partial charge is 0.129 e. The number of halogens is 1. The van der Waals surface area contributed by atoms with Crippen LogP contribution in [0.2, 0.25) is 0 Å². The van der Waals surface area contributed by atoms with E-state index in [-0.39, 0.29) is 5.82 Å². The van der Waals surface area contributed by atoms with Gasteiger partial charge < -0.3 is 10.4 Å². The van der Waals surface area contributed by atoms with Gasteiger partial charge in [-0.1, -0.05) is 48.5 Å². The number of hydrogen-bond donors (Lipinski definition) is 2. The third kappa shape index (κ3) is 4.20. The highest BCUT2D eigenvalue weighted by Gasteiger charge is 2.29. The topological polar surface area (TPSA) is 35.5 Å². The fourth-order valence-electron chi connectivity index (χ4n) is 3.42. The Balaban J connectivity index is 1.51. The summed E-state index contributed by atoms with van der Waals surface area (Å²) in [6.45, 7) is 4.49. The number of likely N-dealkylation sites (tertiary alicyclic amines) is 1. The van der Waals surface area contributed by atoms with E-state index in [1.54, 1.807) is 18.2 Å². The summed E-state index contributed by atoms with van der Waals surface area (Å²) in [5, 5.41) is 13.6. The van der Waals surface area contributed by atoms with Gasteiger partial charge in [0.1, 0.15) is 5.82 Å². The summed E-state index contributed by atoms with van der Waals surface area (Å²) in [5.41, 5.74) is 1.67. The zero-order valence-electron chi connectivity index (χ0n) is 14.0. The first kappa shape index (κ1) is 17.1. The van der Waals surface area contributed by atoms with Crippen LogP contribution in [0.4, 0.5) is 4.39 Å². The number of benzene rings is 2. The predicted octanol–water partition coefficient (Wildman–Crippen LogP) is 3.11. The molecule has 1 heterocycles. The molecule has 3 nitrogen and oxygen atoms in total. The summed E-state index contributed by atoms with van der Waals surface area (Å²) in [5.74, 6) is -0.350. The first-order valence-electron chi connectivity index (χ1n) is 8.57. The van der Waals surface area contributed by atoms with Crippen LogP contribution in [-0.4, -0.2) is 35.2 Å². The predicted molar refractivity (Wildman–Crippen MR) is 94.1 cm³/mol. The Morgan fingerprint density at radius 1 is 1.17 bits per heavy atom. The molecule has 1 aliphatic rings. The van der Waals surface area contributed by atoms with E-state index >= 15 is 0 Å². The Hall–Kier alpha value is -1.75. The van der Waals surface area contributed by atoms with E-state index < -0.39 is 6.10 Å². The van der Waals surface area contributed by atoms with Gasteiger partial charge in [0.15, 0.2) is 0 Å². The minimum absolute atomic E-state index is 0.324. The largest absolute Gasteiger partial charge is 0.387 e. The maximum Gasteiger partial charge on any atom is 0.129 e. The van der Waals surface area contributed by atoms with Crippen LogP contribution in [0.15, 0.2) is 54.6 Å². The fraction of sp³-hybridized carbons (Fsp3) is 0.400. The number of aliphatic hydroxyl groups excluding tert-OH is 1. The third-order valence-electron chi connectivity index (χ3n) is 4.80. The van der Waals surface area contributed by atoms with Crippen molar-refractivity contribution in [3.05, 3.63) is 71.5 Å². The number of nitrogens with zero attached hydrogens (tertiary/aromatic N) is 1. The summed E-state index contributed by atoms with van der Waals surface area (Å²) < 4.78 is 13.7. The second-order valence-corrected chi connectivity index (χ2v) is 6.64. The number of nitrogens with one attached hydrogen (secondary N) is 1. The van der Waals surface area contributed by atoms with Gasteiger partial charge in [0.25, 0.3) is 0 Å². The maximum atomic E-state index is 13.7. The molecule has 0 bridgehead atoms. The lowest BCUT2D eigenvalue weighted by Gasteiger charge is -2.21. The molecule has 0 radical (unpaired) electrons. The van der Waals surface area contributed by atoms with Gasteiger partial charge in [-0.05, 0) is 25.0 Å². The standard InChI is InChI=1S/C20H25FN2O/c1-15-11-17(14-23(15)13-16-7-3-2-4-8-16)22-12-20(24)18-9-5-6-10-19(18)21/h2-10,15,17,20,22,24H,11-14H2,1H3. The number of aliphatic hydroxyl groups is 1. The molecular weight excluding hydrogens is 303 g/mol. The summed E-state index contributed by atoms with van der Waals surface area (Å²) in [6, 6.07) is 17.7. The van der Waals surface area contributed by atoms with Gasteiger partial charge in [0.2, 0.25) is 0 Å². The van der Waals surface area contributed by atoms with Crippen molar-refractivity contribution in [2.75, 3.05) is 13.1 Å². The highest BCUT2D eigenvalue weighted by molar-refractivity contribution is 5.20. The van der Waals surface area contributed by atoms with Crippen molar-refractivity contribution in [2.24, 2.45) is 0 Å². The van der Waals surface area contributed by atoms with E-state index in [1.807, 2.05) is 6.07 Å². The molecule has 2 aromatic carbocycles. The molecule has 2 aromatic rings. The van der Waals surface area contributed by atoms with Crippen LogP contribution in [0, 0.1) is 5.82 Å². The summed E-state index contributed by atoms with van der Waals surface area (Å²) in [4.78, 5) is 2.45. The molecule has 0 amide bonds. The Labute approximate surface area is 143 Å². The molecule has 2 N–H and O–H groups in total. The fourth-order valence-corrected chi connectivity index (χ4v) is 3.42. The van der Waals surface area contributed by atoms with Gasteiger partial charge in [-0.3, -0.25) is 4.90 Å². The van der Waals surface area contributed by atoms with Crippen LogP contribution in [-0.2, 0) is 6.54 Å². The van der Waals surface area contributed by atoms with E-state index in [1.165, 1.54) is 11.6 Å². The van der Waals surface area contributed by atoms with Crippen molar-refractivity contribution >= 4 is 0 Å².